The third kappa shape index (κ3) is 2.54. The van der Waals surface area contributed by atoms with Gasteiger partial charge in [-0.1, -0.05) is 0 Å². The van der Waals surface area contributed by atoms with Gasteiger partial charge in [-0.15, -0.1) is 11.3 Å². The third-order valence-electron chi connectivity index (χ3n) is 2.58. The minimum Gasteiger partial charge on any atom is -0.368 e. The number of hydrogen-bond acceptors (Lipinski definition) is 6. The summed E-state index contributed by atoms with van der Waals surface area (Å²) in [4.78, 5) is 14.0. The summed E-state index contributed by atoms with van der Waals surface area (Å²) in [6, 6.07) is 6.12. The lowest BCUT2D eigenvalue weighted by Crippen LogP contribution is -1.96. The van der Waals surface area contributed by atoms with Crippen LogP contribution in [0.5, 0.6) is 0 Å². The summed E-state index contributed by atoms with van der Waals surface area (Å²) in [6.45, 7) is 4.05. The molecule has 0 radical (unpaired) electrons. The molecule has 3 rings (SSSR count). The summed E-state index contributed by atoms with van der Waals surface area (Å²) in [5.41, 5.74) is 7.95. The lowest BCUT2D eigenvalue weighted by atomic mass is 10.3. The van der Waals surface area contributed by atoms with E-state index in [0.717, 1.165) is 26.0 Å². The molecule has 6 heteroatoms. The minimum atomic E-state index is 0.307. The SMILES string of the molecule is Cc1cc(C)nc(Sc2nc(N)nc3sccc23)c1. The van der Waals surface area contributed by atoms with E-state index in [9.17, 15) is 0 Å². The van der Waals surface area contributed by atoms with Gasteiger partial charge in [0.05, 0.1) is 0 Å². The molecule has 0 saturated carbocycles. The van der Waals surface area contributed by atoms with Crippen molar-refractivity contribution in [3.05, 3.63) is 34.8 Å². The van der Waals surface area contributed by atoms with Crippen LogP contribution in [0, 0.1) is 13.8 Å². The largest absolute Gasteiger partial charge is 0.368 e. The predicted octanol–water partition coefficient (Wildman–Crippen LogP) is 3.44. The molecule has 0 bridgehead atoms. The van der Waals surface area contributed by atoms with Gasteiger partial charge in [-0.2, -0.15) is 0 Å². The molecule has 0 aliphatic carbocycles. The number of aryl methyl sites for hydroxylation is 2. The maximum absolute atomic E-state index is 5.75. The number of anilines is 1. The van der Waals surface area contributed by atoms with Gasteiger partial charge in [0, 0.05) is 11.1 Å². The van der Waals surface area contributed by atoms with Gasteiger partial charge in [-0.05, 0) is 54.8 Å². The first-order valence-electron chi connectivity index (χ1n) is 5.76. The van der Waals surface area contributed by atoms with Crippen LogP contribution in [-0.2, 0) is 0 Å². The summed E-state index contributed by atoms with van der Waals surface area (Å²) in [5.74, 6) is 0.307. The zero-order chi connectivity index (χ0) is 13.4. The van der Waals surface area contributed by atoms with Crippen LogP contribution in [0.15, 0.2) is 33.6 Å². The molecular weight excluding hydrogens is 276 g/mol. The number of aromatic nitrogens is 3. The Morgan fingerprint density at radius 1 is 1.16 bits per heavy atom. The van der Waals surface area contributed by atoms with Gasteiger partial charge in [-0.25, -0.2) is 15.0 Å². The highest BCUT2D eigenvalue weighted by Crippen LogP contribution is 2.33. The molecule has 0 atom stereocenters. The molecule has 2 N–H and O–H groups in total. The van der Waals surface area contributed by atoms with Crippen LogP contribution in [0.25, 0.3) is 10.2 Å². The van der Waals surface area contributed by atoms with E-state index in [-0.39, 0.29) is 0 Å². The lowest BCUT2D eigenvalue weighted by molar-refractivity contribution is 1.04. The second-order valence-corrected chi connectivity index (χ2v) is 6.16. The number of thiophene rings is 1. The van der Waals surface area contributed by atoms with Crippen molar-refractivity contribution in [1.82, 2.24) is 15.0 Å². The maximum atomic E-state index is 5.75. The molecule has 0 aliphatic rings. The molecule has 3 heterocycles. The Morgan fingerprint density at radius 3 is 2.79 bits per heavy atom. The second-order valence-electron chi connectivity index (χ2n) is 4.25. The summed E-state index contributed by atoms with van der Waals surface area (Å²) in [7, 11) is 0. The predicted molar refractivity (Wildman–Crippen MR) is 79.7 cm³/mol. The van der Waals surface area contributed by atoms with Crippen LogP contribution < -0.4 is 5.73 Å². The van der Waals surface area contributed by atoms with Crippen molar-refractivity contribution in [1.29, 1.82) is 0 Å². The van der Waals surface area contributed by atoms with Crippen molar-refractivity contribution in [3.63, 3.8) is 0 Å². The van der Waals surface area contributed by atoms with Crippen LogP contribution in [0.3, 0.4) is 0 Å². The van der Waals surface area contributed by atoms with Crippen LogP contribution in [0.4, 0.5) is 5.95 Å². The third-order valence-corrected chi connectivity index (χ3v) is 4.31. The second kappa shape index (κ2) is 4.79. The van der Waals surface area contributed by atoms with E-state index in [1.54, 1.807) is 11.3 Å². The Labute approximate surface area is 119 Å². The van der Waals surface area contributed by atoms with Crippen molar-refractivity contribution in [2.45, 2.75) is 23.9 Å². The first-order valence-corrected chi connectivity index (χ1v) is 7.45. The average Bonchev–Trinajstić information content (AvgIpc) is 2.75. The van der Waals surface area contributed by atoms with Crippen molar-refractivity contribution < 1.29 is 0 Å². The van der Waals surface area contributed by atoms with Crippen LogP contribution in [0.1, 0.15) is 11.3 Å². The molecule has 0 aliphatic heterocycles. The molecule has 0 fully saturated rings. The molecule has 0 amide bonds. The Kier molecular flexibility index (Phi) is 3.12. The molecule has 4 nitrogen and oxygen atoms in total. The molecule has 0 unspecified atom stereocenters. The molecule has 3 aromatic heterocycles. The normalized spacial score (nSPS) is 11.1. The van der Waals surface area contributed by atoms with E-state index in [1.165, 1.54) is 17.3 Å². The van der Waals surface area contributed by atoms with Gasteiger partial charge >= 0.3 is 0 Å². The lowest BCUT2D eigenvalue weighted by Gasteiger charge is -2.05. The standard InChI is InChI=1S/C13H12N4S2/c1-7-5-8(2)15-10(6-7)19-12-9-3-4-18-11(9)16-13(14)17-12/h3-6H,1-2H3,(H2,14,16,17). The molecule has 96 valence electrons. The minimum absolute atomic E-state index is 0.307. The quantitative estimate of drug-likeness (QED) is 0.732. The number of fused-ring (bicyclic) bond motifs is 1. The fourth-order valence-corrected chi connectivity index (χ4v) is 3.76. The van der Waals surface area contributed by atoms with Gasteiger partial charge in [0.2, 0.25) is 5.95 Å². The topological polar surface area (TPSA) is 64.7 Å². The summed E-state index contributed by atoms with van der Waals surface area (Å²) >= 11 is 3.10. The molecule has 19 heavy (non-hydrogen) atoms. The first kappa shape index (κ1) is 12.4. The smallest absolute Gasteiger partial charge is 0.222 e. The zero-order valence-electron chi connectivity index (χ0n) is 10.5. The highest BCUT2D eigenvalue weighted by Gasteiger charge is 2.10. The van der Waals surface area contributed by atoms with Gasteiger partial charge in [0.25, 0.3) is 0 Å². The van der Waals surface area contributed by atoms with Gasteiger partial charge in [0.1, 0.15) is 14.9 Å². The Bertz CT molecular complexity index is 731. The average molecular weight is 288 g/mol. The summed E-state index contributed by atoms with van der Waals surface area (Å²) in [5, 5.41) is 4.83. The summed E-state index contributed by atoms with van der Waals surface area (Å²) in [6.07, 6.45) is 0. The van der Waals surface area contributed by atoms with Gasteiger partial charge in [0.15, 0.2) is 0 Å². The van der Waals surface area contributed by atoms with Crippen LogP contribution >= 0.6 is 23.1 Å². The van der Waals surface area contributed by atoms with Crippen molar-refractivity contribution in [3.8, 4) is 0 Å². The molecule has 0 aromatic carbocycles. The molecule has 3 aromatic rings. The number of nitrogens with zero attached hydrogens (tertiary/aromatic N) is 3. The summed E-state index contributed by atoms with van der Waals surface area (Å²) < 4.78 is 0. The first-order chi connectivity index (χ1) is 9.11. The number of hydrogen-bond donors (Lipinski definition) is 1. The molecular formula is C13H12N4S2. The van der Waals surface area contributed by atoms with Gasteiger partial charge < -0.3 is 5.73 Å². The number of nitrogen functional groups attached to an aromatic ring is 1. The van der Waals surface area contributed by atoms with Crippen molar-refractivity contribution in [2.75, 3.05) is 5.73 Å². The number of nitrogens with two attached hydrogens (primary N) is 1. The van der Waals surface area contributed by atoms with Crippen LogP contribution in [-0.4, -0.2) is 15.0 Å². The van der Waals surface area contributed by atoms with E-state index >= 15 is 0 Å². The maximum Gasteiger partial charge on any atom is 0.222 e. The van der Waals surface area contributed by atoms with E-state index in [4.69, 9.17) is 5.73 Å². The van der Waals surface area contributed by atoms with E-state index in [0.29, 0.717) is 5.95 Å². The fourth-order valence-electron chi connectivity index (χ4n) is 1.88. The highest BCUT2D eigenvalue weighted by atomic mass is 32.2. The van der Waals surface area contributed by atoms with Gasteiger partial charge in [-0.3, -0.25) is 0 Å². The Hall–Kier alpha value is -1.66. The van der Waals surface area contributed by atoms with E-state index < -0.39 is 0 Å². The van der Waals surface area contributed by atoms with E-state index in [2.05, 4.69) is 27.9 Å². The molecule has 0 saturated heterocycles. The zero-order valence-corrected chi connectivity index (χ0v) is 12.2. The van der Waals surface area contributed by atoms with E-state index in [1.807, 2.05) is 24.4 Å². The fraction of sp³-hybridized carbons (Fsp3) is 0.154. The van der Waals surface area contributed by atoms with Crippen molar-refractivity contribution >= 4 is 39.3 Å². The van der Waals surface area contributed by atoms with Crippen molar-refractivity contribution in [2.24, 2.45) is 0 Å². The number of rotatable bonds is 2. The Morgan fingerprint density at radius 2 is 2.00 bits per heavy atom. The highest BCUT2D eigenvalue weighted by molar-refractivity contribution is 7.99. The Balaban J connectivity index is 2.07. The monoisotopic (exact) mass is 288 g/mol. The number of pyridine rings is 1. The van der Waals surface area contributed by atoms with Crippen LogP contribution in [0.2, 0.25) is 0 Å². The molecule has 0 spiro atoms.